The number of rotatable bonds is 7. The van der Waals surface area contributed by atoms with Gasteiger partial charge in [0.15, 0.2) is 0 Å². The van der Waals surface area contributed by atoms with E-state index < -0.39 is 18.3 Å². The summed E-state index contributed by atoms with van der Waals surface area (Å²) in [6.07, 6.45) is 5.98. The summed E-state index contributed by atoms with van der Waals surface area (Å²) in [5.74, 6) is 0.560. The number of halogens is 4. The fraction of sp³-hybridized carbons (Fsp3) is 0.180. The van der Waals surface area contributed by atoms with Crippen LogP contribution in [0.15, 0.2) is 161 Å². The number of benzene rings is 6. The van der Waals surface area contributed by atoms with E-state index in [2.05, 4.69) is 186 Å². The monoisotopic (exact) mass is 878 g/mol. The molecule has 0 N–H and O–H groups in total. The number of allylic oxidation sites excluding steroid dienone is 4. The van der Waals surface area contributed by atoms with Crippen molar-refractivity contribution in [1.29, 1.82) is 0 Å². The van der Waals surface area contributed by atoms with E-state index >= 15 is 0 Å². The third-order valence-corrected chi connectivity index (χ3v) is 28.9. The van der Waals surface area contributed by atoms with Crippen LogP contribution in [0.4, 0.5) is 0 Å². The van der Waals surface area contributed by atoms with Crippen LogP contribution in [0.2, 0.25) is 10.0 Å². The van der Waals surface area contributed by atoms with Gasteiger partial charge in [0.25, 0.3) is 0 Å². The Morgan fingerprint density at radius 3 is 1.65 bits per heavy atom. The van der Waals surface area contributed by atoms with E-state index in [1.54, 1.807) is 0 Å². The van der Waals surface area contributed by atoms with Crippen molar-refractivity contribution >= 4 is 62.0 Å². The van der Waals surface area contributed by atoms with Gasteiger partial charge in [-0.05, 0) is 0 Å². The van der Waals surface area contributed by atoms with Crippen molar-refractivity contribution in [3.63, 3.8) is 0 Å². The molecule has 55 heavy (non-hydrogen) atoms. The molecule has 0 radical (unpaired) electrons. The predicted molar refractivity (Wildman–Crippen MR) is 243 cm³/mol. The first-order chi connectivity index (χ1) is 25.4. The molecule has 0 bridgehead atoms. The normalized spacial score (nSPS) is 15.0. The second-order valence-corrected chi connectivity index (χ2v) is 30.0. The van der Waals surface area contributed by atoms with E-state index in [4.69, 9.17) is 27.4 Å². The maximum absolute atomic E-state index is 6.75. The Hall–Kier alpha value is -3.29. The molecule has 0 spiro atoms. The molecule has 0 heterocycles. The Balaban J connectivity index is 0.00000257. The Bertz CT molecular complexity index is 2440. The van der Waals surface area contributed by atoms with Crippen molar-refractivity contribution in [3.8, 4) is 33.4 Å². The van der Waals surface area contributed by atoms with Gasteiger partial charge in [0.2, 0.25) is 0 Å². The zero-order valence-electron chi connectivity index (χ0n) is 32.1. The molecule has 0 amide bonds. The van der Waals surface area contributed by atoms with Gasteiger partial charge in [-0.15, -0.1) is 24.8 Å². The van der Waals surface area contributed by atoms with Gasteiger partial charge in [-0.25, -0.2) is 0 Å². The summed E-state index contributed by atoms with van der Waals surface area (Å²) in [5.41, 5.74) is 11.7. The first kappa shape index (κ1) is 41.3. The van der Waals surface area contributed by atoms with Crippen molar-refractivity contribution in [1.82, 2.24) is 0 Å². The summed E-state index contributed by atoms with van der Waals surface area (Å²) in [5, 5.41) is 1.45. The van der Waals surface area contributed by atoms with Gasteiger partial charge in [-0.2, -0.15) is 0 Å². The van der Waals surface area contributed by atoms with Gasteiger partial charge in [-0.1, -0.05) is 0 Å². The van der Waals surface area contributed by atoms with E-state index in [1.165, 1.54) is 63.2 Å². The summed E-state index contributed by atoms with van der Waals surface area (Å²) >= 11 is 8.14. The van der Waals surface area contributed by atoms with Crippen molar-refractivity contribution in [2.45, 2.75) is 41.0 Å². The molecule has 0 saturated carbocycles. The second-order valence-electron chi connectivity index (χ2n) is 16.5. The molecule has 8 rings (SSSR count). The van der Waals surface area contributed by atoms with Gasteiger partial charge in [0, 0.05) is 0 Å². The van der Waals surface area contributed by atoms with Crippen LogP contribution in [0.25, 0.3) is 33.4 Å². The average molecular weight is 882 g/mol. The average Bonchev–Trinajstić information content (AvgIpc) is 3.79. The van der Waals surface area contributed by atoms with Crippen LogP contribution in [0.3, 0.4) is 0 Å². The van der Waals surface area contributed by atoms with Crippen molar-refractivity contribution in [3.05, 3.63) is 182 Å². The minimum atomic E-state index is -5.36. The van der Waals surface area contributed by atoms with E-state index in [9.17, 15) is 0 Å². The molecule has 0 aromatic heterocycles. The number of hydrogen-bond donors (Lipinski definition) is 0. The van der Waals surface area contributed by atoms with E-state index in [0.29, 0.717) is 5.92 Å². The summed E-state index contributed by atoms with van der Waals surface area (Å²) in [4.78, 5) is 0. The first-order valence-electron chi connectivity index (χ1n) is 18.8. The molecular weight excluding hydrogens is 834 g/mol. The summed E-state index contributed by atoms with van der Waals surface area (Å²) in [6, 6.07) is 51.0. The molecule has 6 aromatic rings. The van der Waals surface area contributed by atoms with Crippen LogP contribution in [-0.2, 0) is 24.7 Å². The van der Waals surface area contributed by atoms with Crippen LogP contribution in [-0.4, -0.2) is 4.21 Å². The Morgan fingerprint density at radius 1 is 0.618 bits per heavy atom. The molecule has 2 aliphatic rings. The van der Waals surface area contributed by atoms with Gasteiger partial charge in [0.1, 0.15) is 0 Å². The number of hydrogen-bond acceptors (Lipinski definition) is 0. The topological polar surface area (TPSA) is 0 Å². The second kappa shape index (κ2) is 15.6. The van der Waals surface area contributed by atoms with Gasteiger partial charge >= 0.3 is 329 Å². The molecule has 1 atom stereocenters. The van der Waals surface area contributed by atoms with Gasteiger partial charge in [0.05, 0.1) is 0 Å². The zero-order valence-corrected chi connectivity index (χ0v) is 37.7. The molecule has 0 saturated heterocycles. The van der Waals surface area contributed by atoms with Gasteiger partial charge < -0.3 is 0 Å². The minimum absolute atomic E-state index is 0. The van der Waals surface area contributed by atoms with Crippen molar-refractivity contribution in [2.75, 3.05) is 0 Å². The zero-order chi connectivity index (χ0) is 37.1. The molecule has 6 aromatic carbocycles. The quantitative estimate of drug-likeness (QED) is 0.150. The Morgan fingerprint density at radius 2 is 1.13 bits per heavy atom. The van der Waals surface area contributed by atoms with Crippen LogP contribution in [0, 0.1) is 17.3 Å². The van der Waals surface area contributed by atoms with E-state index in [1.807, 2.05) is 0 Å². The molecule has 5 heteroatoms. The van der Waals surface area contributed by atoms with Crippen molar-refractivity contribution in [2.24, 2.45) is 17.3 Å². The van der Waals surface area contributed by atoms with Crippen LogP contribution in [0.1, 0.15) is 45.7 Å². The standard InChI is InChI=1S/C25H17.C12H19.2C6H4Cl.CH2.2ClH.Zr/c1-3-7-18(8-4-1)20-11-13-24-22(15-20)17-23-16-21(12-14-25(23)24)19-9-5-2-6-10-19;1-9(2)10-6-7-11(8-10)12(3,4)5;2*7-6-4-2-1-3-5-6;;;;/h1-15H,17H2;7-10H,1-5H3;2*2-5H;1H2;2*1H;. The first-order valence-corrected chi connectivity index (χ1v) is 26.2. The van der Waals surface area contributed by atoms with Crippen molar-refractivity contribution < 1.29 is 18.3 Å². The Kier molecular flexibility index (Phi) is 11.7. The van der Waals surface area contributed by atoms with Crippen LogP contribution >= 0.6 is 48.0 Å². The van der Waals surface area contributed by atoms with E-state index in [0.717, 1.165) is 16.5 Å². The molecule has 280 valence electrons. The maximum atomic E-state index is 6.75. The van der Waals surface area contributed by atoms with Gasteiger partial charge in [-0.3, -0.25) is 0 Å². The fourth-order valence-electron chi connectivity index (χ4n) is 9.28. The summed E-state index contributed by atoms with van der Waals surface area (Å²) < 4.78 is 11.4. The summed E-state index contributed by atoms with van der Waals surface area (Å²) in [6.45, 7) is 11.8. The molecule has 2 aliphatic carbocycles. The van der Waals surface area contributed by atoms with Crippen LogP contribution in [0.5, 0.6) is 0 Å². The molecule has 0 nitrogen and oxygen atoms in total. The predicted octanol–water partition coefficient (Wildman–Crippen LogP) is 13.3. The molecular formula is C50H48Cl4Zr. The van der Waals surface area contributed by atoms with Crippen LogP contribution < -0.4 is 9.81 Å². The molecule has 1 unspecified atom stereocenters. The number of fused-ring (bicyclic) bond motifs is 3. The third-order valence-electron chi connectivity index (χ3n) is 12.0. The summed E-state index contributed by atoms with van der Waals surface area (Å²) in [7, 11) is 0. The van der Waals surface area contributed by atoms with E-state index in [-0.39, 0.29) is 36.1 Å². The molecule has 0 fully saturated rings. The Labute approximate surface area is 350 Å². The fourth-order valence-corrected chi connectivity index (χ4v) is 26.8. The third kappa shape index (κ3) is 6.83. The SMILES string of the molecule is Cl.Cl.[CH2]=[Zr]([C]1=CC(C(C)(C)C)=CC1C(C)C)([c]1ccc(Cl)cc1)([c]1ccc(Cl)cc1)[c]1c(-c2ccccc2)ccc2c1Cc1cc(-c3ccccc3)ccc1-2. The molecule has 0 aliphatic heterocycles.